The second-order valence-corrected chi connectivity index (χ2v) is 7.77. The molecule has 0 saturated carbocycles. The van der Waals surface area contributed by atoms with E-state index in [0.29, 0.717) is 16.7 Å². The number of ether oxygens (including phenoxy) is 2. The van der Waals surface area contributed by atoms with Crippen LogP contribution in [0.5, 0.6) is 6.01 Å². The van der Waals surface area contributed by atoms with Crippen LogP contribution in [0, 0.1) is 17.5 Å². The molecular formula is C24H19F3N2O4. The summed E-state index contributed by atoms with van der Waals surface area (Å²) in [6.07, 6.45) is -2.68. The molecule has 5 rings (SSSR count). The first-order valence-corrected chi connectivity index (χ1v) is 10.3. The molecular weight excluding hydrogens is 437 g/mol. The summed E-state index contributed by atoms with van der Waals surface area (Å²) in [6, 6.07) is 13.5. The molecule has 0 amide bonds. The van der Waals surface area contributed by atoms with Crippen LogP contribution < -0.4 is 4.74 Å². The molecule has 0 aliphatic carbocycles. The van der Waals surface area contributed by atoms with Crippen molar-refractivity contribution >= 4 is 11.0 Å². The molecule has 1 aliphatic heterocycles. The average molecular weight is 456 g/mol. The summed E-state index contributed by atoms with van der Waals surface area (Å²) in [5.74, 6) is -2.04. The molecule has 2 heterocycles. The summed E-state index contributed by atoms with van der Waals surface area (Å²) >= 11 is 0. The highest BCUT2D eigenvalue weighted by atomic mass is 19.1. The minimum absolute atomic E-state index is 0.0171. The summed E-state index contributed by atoms with van der Waals surface area (Å²) in [7, 11) is 0. The van der Waals surface area contributed by atoms with Gasteiger partial charge in [0.05, 0.1) is 24.3 Å². The average Bonchev–Trinajstić information content (AvgIpc) is 3.37. The summed E-state index contributed by atoms with van der Waals surface area (Å²) in [5, 5.41) is 19.3. The lowest BCUT2D eigenvalue weighted by molar-refractivity contribution is -0.00390. The molecule has 3 aromatic carbocycles. The minimum Gasteiger partial charge on any atom is -0.456 e. The molecule has 6 nitrogen and oxygen atoms in total. The summed E-state index contributed by atoms with van der Waals surface area (Å²) in [5.41, 5.74) is 1.36. The highest BCUT2D eigenvalue weighted by molar-refractivity contribution is 5.84. The molecule has 3 atom stereocenters. The second kappa shape index (κ2) is 8.51. The number of rotatable bonds is 5. The summed E-state index contributed by atoms with van der Waals surface area (Å²) in [4.78, 5) is 6.77. The Morgan fingerprint density at radius 1 is 1.03 bits per heavy atom. The van der Waals surface area contributed by atoms with Gasteiger partial charge in [-0.05, 0) is 28.8 Å². The zero-order chi connectivity index (χ0) is 23.1. The maximum atomic E-state index is 15.3. The Kier molecular flexibility index (Phi) is 5.53. The monoisotopic (exact) mass is 456 g/mol. The zero-order valence-corrected chi connectivity index (χ0v) is 17.1. The number of aromatic nitrogens is 2. The maximum absolute atomic E-state index is 15.3. The predicted molar refractivity (Wildman–Crippen MR) is 114 cm³/mol. The van der Waals surface area contributed by atoms with Crippen LogP contribution >= 0.6 is 0 Å². The third-order valence-corrected chi connectivity index (χ3v) is 5.66. The van der Waals surface area contributed by atoms with E-state index in [1.165, 1.54) is 12.1 Å². The highest BCUT2D eigenvalue weighted by Crippen LogP contribution is 2.33. The highest BCUT2D eigenvalue weighted by Gasteiger charge is 2.37. The third-order valence-electron chi connectivity index (χ3n) is 5.66. The Balaban J connectivity index is 1.45. The van der Waals surface area contributed by atoms with Gasteiger partial charge in [-0.15, -0.1) is 0 Å². The van der Waals surface area contributed by atoms with E-state index >= 15 is 4.39 Å². The van der Waals surface area contributed by atoms with Crippen molar-refractivity contribution in [2.45, 2.75) is 18.3 Å². The van der Waals surface area contributed by atoms with Gasteiger partial charge in [0.15, 0.2) is 11.9 Å². The minimum atomic E-state index is -1.09. The fraction of sp³-hybridized carbons (Fsp3) is 0.208. The van der Waals surface area contributed by atoms with E-state index in [0.717, 1.165) is 6.07 Å². The molecule has 1 fully saturated rings. The number of hydrogen-bond acceptors (Lipinski definition) is 5. The van der Waals surface area contributed by atoms with E-state index in [4.69, 9.17) is 14.6 Å². The van der Waals surface area contributed by atoms with Gasteiger partial charge in [0.1, 0.15) is 29.4 Å². The number of hydrogen-bond donors (Lipinski definition) is 3. The number of nitrogens with zero attached hydrogens (tertiary/aromatic N) is 1. The largest absolute Gasteiger partial charge is 0.456 e. The van der Waals surface area contributed by atoms with Crippen molar-refractivity contribution in [2.24, 2.45) is 0 Å². The van der Waals surface area contributed by atoms with Crippen LogP contribution in [-0.2, 0) is 4.74 Å². The van der Waals surface area contributed by atoms with E-state index in [-0.39, 0.29) is 41.6 Å². The standard InChI is InChI=1S/C24H19F3N2O4/c25-15-3-1-2-14(8-15)12-4-6-13(7-5-12)20-16(26)9-17-22(21(20)27)29-24(28-17)33-19-11-32-18(10-30)23(19)31/h1-9,18-19,23,30-31H,10-11H2,(H,28,29)/t18-,19-,23-/m1/s1. The first kappa shape index (κ1) is 21.4. The van der Waals surface area contributed by atoms with Crippen molar-refractivity contribution in [1.29, 1.82) is 0 Å². The van der Waals surface area contributed by atoms with E-state index in [9.17, 15) is 13.9 Å². The van der Waals surface area contributed by atoms with Crippen molar-refractivity contribution in [1.82, 2.24) is 9.97 Å². The molecule has 0 spiro atoms. The topological polar surface area (TPSA) is 87.6 Å². The Morgan fingerprint density at radius 3 is 2.48 bits per heavy atom. The molecule has 1 aromatic heterocycles. The number of aliphatic hydroxyl groups is 2. The number of fused-ring (bicyclic) bond motifs is 1. The molecule has 33 heavy (non-hydrogen) atoms. The van der Waals surface area contributed by atoms with Crippen molar-refractivity contribution < 1.29 is 32.9 Å². The van der Waals surface area contributed by atoms with Gasteiger partial charge >= 0.3 is 0 Å². The molecule has 0 radical (unpaired) electrons. The normalized spacial score (nSPS) is 20.5. The van der Waals surface area contributed by atoms with Gasteiger partial charge in [0, 0.05) is 6.07 Å². The number of imidazole rings is 1. The van der Waals surface area contributed by atoms with E-state index in [1.54, 1.807) is 36.4 Å². The van der Waals surface area contributed by atoms with Crippen LogP contribution in [0.3, 0.4) is 0 Å². The van der Waals surface area contributed by atoms with Gasteiger partial charge in [-0.2, -0.15) is 4.98 Å². The van der Waals surface area contributed by atoms with Gasteiger partial charge in [-0.25, -0.2) is 13.2 Å². The predicted octanol–water partition coefficient (Wildman–Crippen LogP) is 3.81. The Labute approximate surface area is 186 Å². The van der Waals surface area contributed by atoms with Crippen LogP contribution in [0.25, 0.3) is 33.3 Å². The summed E-state index contributed by atoms with van der Waals surface area (Å²) < 4.78 is 54.4. The van der Waals surface area contributed by atoms with E-state index in [1.807, 2.05) is 0 Å². The zero-order valence-electron chi connectivity index (χ0n) is 17.1. The molecule has 4 aromatic rings. The molecule has 170 valence electrons. The number of benzene rings is 3. The first-order valence-electron chi connectivity index (χ1n) is 10.3. The van der Waals surface area contributed by atoms with Gasteiger partial charge < -0.3 is 24.7 Å². The van der Waals surface area contributed by atoms with Crippen LogP contribution in [0.2, 0.25) is 0 Å². The van der Waals surface area contributed by atoms with Crippen molar-refractivity contribution in [3.8, 4) is 28.3 Å². The van der Waals surface area contributed by atoms with Gasteiger partial charge in [0.2, 0.25) is 0 Å². The van der Waals surface area contributed by atoms with E-state index in [2.05, 4.69) is 9.97 Å². The molecule has 3 N–H and O–H groups in total. The molecule has 9 heteroatoms. The fourth-order valence-electron chi connectivity index (χ4n) is 3.94. The Bertz CT molecular complexity index is 1310. The quantitative estimate of drug-likeness (QED) is 0.425. The molecule has 1 saturated heterocycles. The van der Waals surface area contributed by atoms with Crippen LogP contribution in [0.1, 0.15) is 0 Å². The number of nitrogens with one attached hydrogen (secondary N) is 1. The van der Waals surface area contributed by atoms with Gasteiger partial charge in [-0.3, -0.25) is 0 Å². The van der Waals surface area contributed by atoms with Gasteiger partial charge in [-0.1, -0.05) is 36.4 Å². The summed E-state index contributed by atoms with van der Waals surface area (Å²) in [6.45, 7) is -0.356. The molecule has 0 unspecified atom stereocenters. The number of H-pyrrole nitrogens is 1. The second-order valence-electron chi connectivity index (χ2n) is 7.77. The Hall–Kier alpha value is -3.40. The van der Waals surface area contributed by atoms with Crippen LogP contribution in [-0.4, -0.2) is 51.7 Å². The lowest BCUT2D eigenvalue weighted by Gasteiger charge is -2.15. The van der Waals surface area contributed by atoms with Crippen LogP contribution in [0.4, 0.5) is 13.2 Å². The molecule has 1 aliphatic rings. The number of aliphatic hydroxyl groups excluding tert-OH is 2. The lowest BCUT2D eigenvalue weighted by Crippen LogP contribution is -2.36. The lowest BCUT2D eigenvalue weighted by atomic mass is 9.99. The van der Waals surface area contributed by atoms with Crippen LogP contribution in [0.15, 0.2) is 54.6 Å². The third kappa shape index (κ3) is 3.95. The smallest absolute Gasteiger partial charge is 0.295 e. The number of halogens is 3. The maximum Gasteiger partial charge on any atom is 0.295 e. The Morgan fingerprint density at radius 2 is 1.79 bits per heavy atom. The van der Waals surface area contributed by atoms with E-state index < -0.39 is 29.9 Å². The van der Waals surface area contributed by atoms with Gasteiger partial charge in [0.25, 0.3) is 6.01 Å². The first-order chi connectivity index (χ1) is 15.9. The number of aromatic amines is 1. The van der Waals surface area contributed by atoms with Crippen molar-refractivity contribution in [2.75, 3.05) is 13.2 Å². The fourth-order valence-corrected chi connectivity index (χ4v) is 3.94. The van der Waals surface area contributed by atoms with Crippen molar-refractivity contribution in [3.63, 3.8) is 0 Å². The molecule has 0 bridgehead atoms. The SMILES string of the molecule is OC[C@H]1OC[C@@H](Oc2nc3c(F)c(-c4ccc(-c5cccc(F)c5)cc4)c(F)cc3[nH]2)[C@@H]1O. The van der Waals surface area contributed by atoms with Crippen molar-refractivity contribution in [3.05, 3.63) is 72.0 Å².